The van der Waals surface area contributed by atoms with Crippen molar-refractivity contribution in [3.05, 3.63) is 13.2 Å². The van der Waals surface area contributed by atoms with E-state index in [-0.39, 0.29) is 31.0 Å². The van der Waals surface area contributed by atoms with Crippen LogP contribution in [-0.2, 0) is 4.74 Å². The van der Waals surface area contributed by atoms with Crippen LogP contribution in [0.1, 0.15) is 144 Å². The zero-order valence-corrected chi connectivity index (χ0v) is 22.4. The normalized spacial score (nSPS) is 10.2. The van der Waals surface area contributed by atoms with E-state index >= 15 is 0 Å². The van der Waals surface area contributed by atoms with Gasteiger partial charge in [-0.2, -0.15) is 0 Å². The second-order valence-electron chi connectivity index (χ2n) is 7.98. The molecular weight excluding hydrogens is 351 g/mol. The van der Waals surface area contributed by atoms with E-state index in [1.165, 1.54) is 128 Å². The zero-order valence-electron chi connectivity index (χ0n) is 21.4. The van der Waals surface area contributed by atoms with E-state index in [0.29, 0.717) is 0 Å². The topological polar surface area (TPSA) is 9.23 Å². The number of hydrogen-bond acceptors (Lipinski definition) is 1. The smallest absolute Gasteiger partial charge is 1.00 e. The Morgan fingerprint density at radius 1 is 0.429 bits per heavy atom. The first kappa shape index (κ1) is 33.3. The van der Waals surface area contributed by atoms with Gasteiger partial charge in [0.2, 0.25) is 0 Å². The summed E-state index contributed by atoms with van der Waals surface area (Å²) in [6, 6.07) is 0. The molecule has 0 atom stereocenters. The van der Waals surface area contributed by atoms with Crippen LogP contribution in [0.15, 0.2) is 13.2 Å². The third kappa shape index (κ3) is 34.2. The molecule has 0 rings (SSSR count). The van der Waals surface area contributed by atoms with Crippen LogP contribution in [-0.4, -0.2) is 13.2 Å². The van der Waals surface area contributed by atoms with Crippen LogP contribution in [0.4, 0.5) is 0 Å². The summed E-state index contributed by atoms with van der Waals surface area (Å²) in [4.78, 5) is 0. The number of hydrogen-bond donors (Lipinski definition) is 0. The van der Waals surface area contributed by atoms with Crippen LogP contribution in [0.5, 0.6) is 0 Å². The van der Waals surface area contributed by atoms with Crippen molar-refractivity contribution in [1.82, 2.24) is 0 Å². The largest absolute Gasteiger partial charge is 1.00 e. The third-order valence-corrected chi connectivity index (χ3v) is 5.28. The Labute approximate surface area is 203 Å². The van der Waals surface area contributed by atoms with E-state index in [1.807, 2.05) is 0 Å². The van der Waals surface area contributed by atoms with Crippen molar-refractivity contribution >= 4 is 0 Å². The fraction of sp³-hybridized carbons (Fsp3) is 0.923. The Kier molecular flexibility index (Phi) is 41.9. The molecule has 0 bridgehead atoms. The minimum absolute atomic E-state index is 0. The van der Waals surface area contributed by atoms with Crippen LogP contribution in [0.2, 0.25) is 0 Å². The van der Waals surface area contributed by atoms with Gasteiger partial charge in [-0.25, -0.2) is 0 Å². The van der Waals surface area contributed by atoms with Crippen molar-refractivity contribution in [2.75, 3.05) is 13.2 Å². The fourth-order valence-corrected chi connectivity index (χ4v) is 3.49. The molecule has 0 saturated heterocycles. The van der Waals surface area contributed by atoms with Crippen LogP contribution < -0.4 is 29.6 Å². The van der Waals surface area contributed by atoms with Crippen molar-refractivity contribution in [3.8, 4) is 0 Å². The Hall–Kier alpha value is 0.700. The molecule has 0 aliphatic rings. The molecule has 0 fully saturated rings. The molecule has 0 radical (unpaired) electrons. The van der Waals surface area contributed by atoms with E-state index in [2.05, 4.69) is 27.0 Å². The molecule has 0 saturated carbocycles. The Morgan fingerprint density at radius 2 is 0.643 bits per heavy atom. The molecule has 0 aliphatic carbocycles. The van der Waals surface area contributed by atoms with Crippen LogP contribution in [0, 0.1) is 0 Å². The fourth-order valence-electron chi connectivity index (χ4n) is 3.49. The third-order valence-electron chi connectivity index (χ3n) is 5.28. The molecule has 2 heteroatoms. The van der Waals surface area contributed by atoms with Gasteiger partial charge in [0.1, 0.15) is 0 Å². The van der Waals surface area contributed by atoms with Crippen molar-refractivity contribution in [2.45, 2.75) is 142 Å². The van der Waals surface area contributed by atoms with E-state index < -0.39 is 0 Å². The van der Waals surface area contributed by atoms with Crippen molar-refractivity contribution in [3.63, 3.8) is 0 Å². The Bertz CT molecular complexity index is 217. The summed E-state index contributed by atoms with van der Waals surface area (Å²) in [5, 5.41) is 0. The van der Waals surface area contributed by atoms with Gasteiger partial charge in [0, 0.05) is 13.2 Å². The first-order valence-corrected chi connectivity index (χ1v) is 12.5. The second kappa shape index (κ2) is 35.2. The van der Waals surface area contributed by atoms with Gasteiger partial charge >= 0.3 is 29.6 Å². The van der Waals surface area contributed by atoms with Crippen molar-refractivity contribution in [1.29, 1.82) is 0 Å². The standard InChI is InChI=1S/C24H50O.C2H4.Na.H/c1-3-5-7-9-11-13-15-17-19-21-23-25-24-22-20-18-16-14-12-10-8-6-4-2;1-2;;/h3-24H2,1-2H3;1-2H2;;/q;;+1;-1. The van der Waals surface area contributed by atoms with Gasteiger partial charge < -0.3 is 6.16 Å². The molecule has 0 amide bonds. The molecular formula is C26H55NaO. The minimum atomic E-state index is 0. The number of unbranched alkanes of at least 4 members (excludes halogenated alkanes) is 18. The van der Waals surface area contributed by atoms with E-state index in [0.717, 1.165) is 13.2 Å². The van der Waals surface area contributed by atoms with E-state index in [1.54, 1.807) is 0 Å². The summed E-state index contributed by atoms with van der Waals surface area (Å²) in [5.41, 5.74) is 0. The Morgan fingerprint density at radius 3 is 0.893 bits per heavy atom. The molecule has 166 valence electrons. The van der Waals surface area contributed by atoms with Gasteiger partial charge in [0.25, 0.3) is 0 Å². The molecule has 1 nitrogen and oxygen atoms in total. The SMILES string of the molecule is C=C.CCCCCCCCCCCCOCCCCCCCCCCCC.[H-].[Na+]. The van der Waals surface area contributed by atoms with Crippen molar-refractivity contribution in [2.24, 2.45) is 0 Å². The van der Waals surface area contributed by atoms with Gasteiger partial charge in [0.15, 0.2) is 0 Å². The molecule has 0 N–H and O–H groups in total. The molecule has 0 unspecified atom stereocenters. The maximum absolute atomic E-state index is 5.78. The molecule has 0 aromatic rings. The molecule has 0 heterocycles. The first-order valence-electron chi connectivity index (χ1n) is 12.5. The summed E-state index contributed by atoms with van der Waals surface area (Å²) < 4.78 is 5.78. The van der Waals surface area contributed by atoms with Gasteiger partial charge in [-0.05, 0) is 12.8 Å². The predicted molar refractivity (Wildman–Crippen MR) is 127 cm³/mol. The quantitative estimate of drug-likeness (QED) is 0.110. The minimum Gasteiger partial charge on any atom is -1.00 e. The second-order valence-corrected chi connectivity index (χ2v) is 7.98. The van der Waals surface area contributed by atoms with Gasteiger partial charge in [-0.15, -0.1) is 13.2 Å². The monoisotopic (exact) mass is 406 g/mol. The van der Waals surface area contributed by atoms with Gasteiger partial charge in [-0.1, -0.05) is 129 Å². The molecule has 0 spiro atoms. The van der Waals surface area contributed by atoms with Gasteiger partial charge in [0.05, 0.1) is 0 Å². The van der Waals surface area contributed by atoms with Gasteiger partial charge in [-0.3, -0.25) is 0 Å². The maximum Gasteiger partial charge on any atom is 1.00 e. The summed E-state index contributed by atoms with van der Waals surface area (Å²) >= 11 is 0. The summed E-state index contributed by atoms with van der Waals surface area (Å²) in [6.45, 7) is 12.6. The summed E-state index contributed by atoms with van der Waals surface area (Å²) in [5.74, 6) is 0. The summed E-state index contributed by atoms with van der Waals surface area (Å²) in [6.07, 6.45) is 28.2. The van der Waals surface area contributed by atoms with Crippen molar-refractivity contribution < 1.29 is 35.7 Å². The van der Waals surface area contributed by atoms with Crippen LogP contribution >= 0.6 is 0 Å². The van der Waals surface area contributed by atoms with Crippen LogP contribution in [0.3, 0.4) is 0 Å². The number of rotatable bonds is 22. The molecule has 28 heavy (non-hydrogen) atoms. The van der Waals surface area contributed by atoms with Crippen LogP contribution in [0.25, 0.3) is 0 Å². The number of ether oxygens (including phenoxy) is 1. The van der Waals surface area contributed by atoms with E-state index in [9.17, 15) is 0 Å². The van der Waals surface area contributed by atoms with E-state index in [4.69, 9.17) is 4.74 Å². The summed E-state index contributed by atoms with van der Waals surface area (Å²) in [7, 11) is 0. The maximum atomic E-state index is 5.78. The Balaban J connectivity index is -0.000000755. The first-order chi connectivity index (χ1) is 13.4. The zero-order chi connectivity index (χ0) is 20.3. The predicted octanol–water partition coefficient (Wildman–Crippen LogP) is 6.76. The molecule has 0 aliphatic heterocycles. The molecule has 0 aromatic heterocycles. The average molecular weight is 407 g/mol. The average Bonchev–Trinajstić information content (AvgIpc) is 2.70. The molecule has 0 aromatic carbocycles.